The Balaban J connectivity index is 0.000000179. The van der Waals surface area contributed by atoms with Gasteiger partial charge in [0.15, 0.2) is 11.6 Å². The van der Waals surface area contributed by atoms with E-state index in [1.165, 1.54) is 11.1 Å². The molecule has 4 heteroatoms. The molecule has 0 N–H and O–H groups in total. The van der Waals surface area contributed by atoms with Crippen molar-refractivity contribution in [2.24, 2.45) is 0 Å². The van der Waals surface area contributed by atoms with E-state index in [2.05, 4.69) is 36.4 Å². The van der Waals surface area contributed by atoms with Gasteiger partial charge in [-0.05, 0) is 102 Å². The molecular formula is C48H42O4. The number of aryl methyl sites for hydroxylation is 2. The van der Waals surface area contributed by atoms with Crippen molar-refractivity contribution in [1.82, 2.24) is 0 Å². The molecule has 0 heterocycles. The fourth-order valence-electron chi connectivity index (χ4n) is 5.99. The Morgan fingerprint density at radius 2 is 1.10 bits per heavy atom. The van der Waals surface area contributed by atoms with E-state index in [4.69, 9.17) is 9.47 Å². The molecule has 0 saturated carbocycles. The van der Waals surface area contributed by atoms with Gasteiger partial charge in [-0.1, -0.05) is 140 Å². The second-order valence-electron chi connectivity index (χ2n) is 12.5. The van der Waals surface area contributed by atoms with E-state index >= 15 is 0 Å². The molecule has 52 heavy (non-hydrogen) atoms. The summed E-state index contributed by atoms with van der Waals surface area (Å²) < 4.78 is 11.7. The number of benzene rings is 6. The fourth-order valence-corrected chi connectivity index (χ4v) is 5.99. The molecule has 6 aromatic carbocycles. The summed E-state index contributed by atoms with van der Waals surface area (Å²) in [7, 11) is 0. The first-order valence-corrected chi connectivity index (χ1v) is 17.8. The Bertz CT molecular complexity index is 2100. The standard InChI is InChI=1S/C24H20O2.C24H22O2/c25-24-17-22(19-11-5-2-6-12-19)21-14-13-20(16-23(21)24)26-15-7-10-18-8-3-1-4-9-18;25-24(17-16-21-11-5-2-6-12-21)22-14-7-15-23(19-22)26-18-8-13-20-9-3-1-4-10-20/h1-6,8-9,11-14,16-17H,7,10,15H2;1-7,9-12,14-17,19H,8,13,18H2. The second kappa shape index (κ2) is 18.7. The molecule has 7 rings (SSSR count). The zero-order valence-electron chi connectivity index (χ0n) is 29.2. The van der Waals surface area contributed by atoms with Gasteiger partial charge in [0.25, 0.3) is 0 Å². The SMILES string of the molecule is O=C(C=Cc1ccccc1)c1cccc(OCCCc2ccccc2)c1.O=C1C=C(c2ccccc2)c2ccc(OCCCc3ccccc3)cc21. The third-order valence-electron chi connectivity index (χ3n) is 8.69. The lowest BCUT2D eigenvalue weighted by molar-refractivity contribution is 0.104. The van der Waals surface area contributed by atoms with Gasteiger partial charge in [0.2, 0.25) is 0 Å². The highest BCUT2D eigenvalue weighted by Gasteiger charge is 2.22. The van der Waals surface area contributed by atoms with E-state index < -0.39 is 0 Å². The maximum absolute atomic E-state index is 12.4. The maximum atomic E-state index is 12.4. The van der Waals surface area contributed by atoms with Crippen LogP contribution in [0.1, 0.15) is 61.4 Å². The molecule has 0 spiro atoms. The summed E-state index contributed by atoms with van der Waals surface area (Å²) >= 11 is 0. The molecule has 0 atom stereocenters. The third kappa shape index (κ3) is 10.4. The molecule has 0 amide bonds. The first-order valence-electron chi connectivity index (χ1n) is 17.8. The number of ether oxygens (including phenoxy) is 2. The lowest BCUT2D eigenvalue weighted by Gasteiger charge is -2.09. The van der Waals surface area contributed by atoms with Crippen LogP contribution in [0.2, 0.25) is 0 Å². The van der Waals surface area contributed by atoms with Crippen LogP contribution in [0.15, 0.2) is 176 Å². The van der Waals surface area contributed by atoms with Crippen molar-refractivity contribution < 1.29 is 19.1 Å². The fraction of sp³-hybridized carbons (Fsp3) is 0.125. The monoisotopic (exact) mass is 682 g/mol. The summed E-state index contributed by atoms with van der Waals surface area (Å²) in [5.41, 5.74) is 8.04. The molecule has 258 valence electrons. The molecule has 6 aromatic rings. The van der Waals surface area contributed by atoms with Gasteiger partial charge in [-0.15, -0.1) is 0 Å². The Kier molecular flexibility index (Phi) is 12.8. The highest BCUT2D eigenvalue weighted by molar-refractivity contribution is 6.19. The number of hydrogen-bond acceptors (Lipinski definition) is 4. The van der Waals surface area contributed by atoms with Crippen LogP contribution in [-0.4, -0.2) is 24.8 Å². The van der Waals surface area contributed by atoms with Crippen LogP contribution in [0.3, 0.4) is 0 Å². The third-order valence-corrected chi connectivity index (χ3v) is 8.69. The van der Waals surface area contributed by atoms with Crippen LogP contribution >= 0.6 is 0 Å². The molecule has 0 unspecified atom stereocenters. The largest absolute Gasteiger partial charge is 0.494 e. The van der Waals surface area contributed by atoms with E-state index in [0.29, 0.717) is 18.8 Å². The molecule has 0 bridgehead atoms. The van der Waals surface area contributed by atoms with Gasteiger partial charge in [-0.25, -0.2) is 0 Å². The molecule has 1 aliphatic rings. The summed E-state index contributed by atoms with van der Waals surface area (Å²) in [5.74, 6) is 1.52. The minimum absolute atomic E-state index is 0.0245. The Morgan fingerprint density at radius 3 is 1.71 bits per heavy atom. The van der Waals surface area contributed by atoms with Crippen LogP contribution in [0, 0.1) is 0 Å². The Labute approximate surface area is 306 Å². The number of rotatable bonds is 14. The van der Waals surface area contributed by atoms with Crippen LogP contribution in [0.25, 0.3) is 11.6 Å². The average Bonchev–Trinajstić information content (AvgIpc) is 3.54. The Hall–Kier alpha value is -6.26. The van der Waals surface area contributed by atoms with Crippen molar-refractivity contribution in [3.63, 3.8) is 0 Å². The van der Waals surface area contributed by atoms with Crippen LogP contribution in [-0.2, 0) is 12.8 Å². The lowest BCUT2D eigenvalue weighted by Crippen LogP contribution is -2.01. The number of ketones is 2. The van der Waals surface area contributed by atoms with Crippen LogP contribution in [0.5, 0.6) is 11.5 Å². The van der Waals surface area contributed by atoms with Gasteiger partial charge in [0.05, 0.1) is 13.2 Å². The summed E-state index contributed by atoms with van der Waals surface area (Å²) in [6.07, 6.45) is 9.01. The van der Waals surface area contributed by atoms with Crippen molar-refractivity contribution in [3.05, 3.63) is 215 Å². The molecule has 4 nitrogen and oxygen atoms in total. The van der Waals surface area contributed by atoms with Gasteiger partial charge >= 0.3 is 0 Å². The first kappa shape index (κ1) is 35.6. The normalized spacial score (nSPS) is 11.7. The highest BCUT2D eigenvalue weighted by Crippen LogP contribution is 2.34. The molecule has 0 aromatic heterocycles. The highest BCUT2D eigenvalue weighted by atomic mass is 16.5. The molecule has 0 fully saturated rings. The second-order valence-corrected chi connectivity index (χ2v) is 12.5. The summed E-state index contributed by atoms with van der Waals surface area (Å²) in [6, 6.07) is 53.8. The number of carbonyl (C=O) groups is 2. The molecule has 0 saturated heterocycles. The average molecular weight is 683 g/mol. The van der Waals surface area contributed by atoms with E-state index in [0.717, 1.165) is 65.0 Å². The molecule has 0 radical (unpaired) electrons. The first-order chi connectivity index (χ1) is 25.6. The van der Waals surface area contributed by atoms with Crippen molar-refractivity contribution in [2.45, 2.75) is 25.7 Å². The Morgan fingerprint density at radius 1 is 0.538 bits per heavy atom. The van der Waals surface area contributed by atoms with E-state index in [1.54, 1.807) is 18.2 Å². The minimum Gasteiger partial charge on any atom is -0.494 e. The number of carbonyl (C=O) groups excluding carboxylic acids is 2. The number of allylic oxidation sites excluding steroid dienone is 2. The van der Waals surface area contributed by atoms with Gasteiger partial charge in [0.1, 0.15) is 11.5 Å². The molecular weight excluding hydrogens is 641 g/mol. The maximum Gasteiger partial charge on any atom is 0.187 e. The summed E-state index contributed by atoms with van der Waals surface area (Å²) in [6.45, 7) is 1.27. The zero-order valence-corrected chi connectivity index (χ0v) is 29.2. The van der Waals surface area contributed by atoms with Gasteiger partial charge in [-0.2, -0.15) is 0 Å². The van der Waals surface area contributed by atoms with E-state index in [9.17, 15) is 9.59 Å². The molecule has 0 aliphatic heterocycles. The topological polar surface area (TPSA) is 52.6 Å². The van der Waals surface area contributed by atoms with E-state index in [1.807, 2.05) is 127 Å². The van der Waals surface area contributed by atoms with Crippen molar-refractivity contribution in [3.8, 4) is 11.5 Å². The van der Waals surface area contributed by atoms with Gasteiger partial charge < -0.3 is 9.47 Å². The minimum atomic E-state index is -0.0245. The molecule has 1 aliphatic carbocycles. The van der Waals surface area contributed by atoms with E-state index in [-0.39, 0.29) is 11.6 Å². The van der Waals surface area contributed by atoms with Crippen molar-refractivity contribution >= 4 is 23.2 Å². The van der Waals surface area contributed by atoms with Gasteiger partial charge in [0, 0.05) is 11.1 Å². The van der Waals surface area contributed by atoms with Crippen molar-refractivity contribution in [2.75, 3.05) is 13.2 Å². The quantitative estimate of drug-likeness (QED) is 0.0652. The number of fused-ring (bicyclic) bond motifs is 1. The summed E-state index contributed by atoms with van der Waals surface area (Å²) in [5, 5.41) is 0. The smallest absolute Gasteiger partial charge is 0.187 e. The van der Waals surface area contributed by atoms with Crippen molar-refractivity contribution in [1.29, 1.82) is 0 Å². The predicted octanol–water partition coefficient (Wildman–Crippen LogP) is 10.9. The zero-order chi connectivity index (χ0) is 35.8. The van der Waals surface area contributed by atoms with Gasteiger partial charge in [-0.3, -0.25) is 9.59 Å². The number of hydrogen-bond donors (Lipinski definition) is 0. The predicted molar refractivity (Wildman–Crippen MR) is 211 cm³/mol. The van der Waals surface area contributed by atoms with Crippen LogP contribution in [0.4, 0.5) is 0 Å². The lowest BCUT2D eigenvalue weighted by atomic mass is 9.99. The summed E-state index contributed by atoms with van der Waals surface area (Å²) in [4.78, 5) is 24.7. The van der Waals surface area contributed by atoms with Crippen LogP contribution < -0.4 is 9.47 Å².